The fraction of sp³-hybridized carbons (Fsp3) is 0.0938. The van der Waals surface area contributed by atoms with Crippen LogP contribution in [0.4, 0.5) is 0 Å². The molecule has 2 N–H and O–H groups in total. The molecule has 6 aromatic rings. The normalized spacial score (nSPS) is 11.9. The van der Waals surface area contributed by atoms with Crippen LogP contribution in [-0.4, -0.2) is 36.8 Å². The molecule has 0 spiro atoms. The number of carboxylic acid groups (broad SMARTS) is 1. The highest BCUT2D eigenvalue weighted by atomic mass is 16.4. The molecule has 8 nitrogen and oxygen atoms in total. The Morgan fingerprint density at radius 2 is 1.73 bits per heavy atom. The predicted molar refractivity (Wildman–Crippen MR) is 152 cm³/mol. The van der Waals surface area contributed by atoms with E-state index in [1.165, 1.54) is 12.1 Å². The van der Waals surface area contributed by atoms with Crippen molar-refractivity contribution in [2.24, 2.45) is 0 Å². The number of carbonyl (C=O) groups excluding carboxylic acids is 1. The first-order valence-corrected chi connectivity index (χ1v) is 12.9. The van der Waals surface area contributed by atoms with E-state index in [0.29, 0.717) is 23.2 Å². The first kappa shape index (κ1) is 24.9. The summed E-state index contributed by atoms with van der Waals surface area (Å²) in [6.45, 7) is 1.87. The molecule has 196 valence electrons. The van der Waals surface area contributed by atoms with Crippen LogP contribution in [0.5, 0.6) is 0 Å². The van der Waals surface area contributed by atoms with Gasteiger partial charge in [0.05, 0.1) is 22.9 Å². The molecule has 1 amide bonds. The minimum atomic E-state index is -0.994. The lowest BCUT2D eigenvalue weighted by atomic mass is 10.0. The summed E-state index contributed by atoms with van der Waals surface area (Å²) >= 11 is 0. The number of rotatable bonds is 7. The predicted octanol–water partition coefficient (Wildman–Crippen LogP) is 5.72. The number of nitrogens with one attached hydrogen (secondary N) is 1. The SMILES string of the molecule is C[C@H](NC(=O)c1cc(-c2ccccc2)cn2nnc(Cc3ccc4ccncc4c3)c12)c1ccc(C(=O)O)cc1. The van der Waals surface area contributed by atoms with Crippen molar-refractivity contribution in [3.8, 4) is 11.1 Å². The van der Waals surface area contributed by atoms with Crippen molar-refractivity contribution in [2.75, 3.05) is 0 Å². The minimum absolute atomic E-state index is 0.194. The lowest BCUT2D eigenvalue weighted by Crippen LogP contribution is -2.27. The molecule has 3 aromatic carbocycles. The van der Waals surface area contributed by atoms with Gasteiger partial charge in [-0.2, -0.15) is 0 Å². The van der Waals surface area contributed by atoms with E-state index in [9.17, 15) is 14.7 Å². The van der Waals surface area contributed by atoms with Crippen molar-refractivity contribution >= 4 is 28.2 Å². The van der Waals surface area contributed by atoms with Crippen molar-refractivity contribution < 1.29 is 14.7 Å². The van der Waals surface area contributed by atoms with Gasteiger partial charge in [-0.3, -0.25) is 9.78 Å². The third-order valence-corrected chi connectivity index (χ3v) is 7.01. The van der Waals surface area contributed by atoms with Gasteiger partial charge in [0.1, 0.15) is 5.52 Å². The van der Waals surface area contributed by atoms with Crippen molar-refractivity contribution in [3.05, 3.63) is 131 Å². The van der Waals surface area contributed by atoms with Crippen LogP contribution in [-0.2, 0) is 6.42 Å². The number of hydrogen-bond donors (Lipinski definition) is 2. The van der Waals surface area contributed by atoms with E-state index in [4.69, 9.17) is 0 Å². The number of pyridine rings is 2. The molecule has 0 aliphatic carbocycles. The summed E-state index contributed by atoms with van der Waals surface area (Å²) in [6, 6.07) is 26.0. The number of nitrogens with zero attached hydrogens (tertiary/aromatic N) is 4. The molecule has 0 radical (unpaired) electrons. The van der Waals surface area contributed by atoms with E-state index < -0.39 is 5.97 Å². The molecule has 8 heteroatoms. The quantitative estimate of drug-likeness (QED) is 0.275. The highest BCUT2D eigenvalue weighted by molar-refractivity contribution is 6.02. The van der Waals surface area contributed by atoms with Crippen LogP contribution in [0.1, 0.15) is 50.5 Å². The van der Waals surface area contributed by atoms with Gasteiger partial charge in [-0.15, -0.1) is 5.10 Å². The third-order valence-electron chi connectivity index (χ3n) is 7.01. The summed E-state index contributed by atoms with van der Waals surface area (Å²) < 4.78 is 1.67. The van der Waals surface area contributed by atoms with E-state index in [2.05, 4.69) is 38.8 Å². The Hall–Kier alpha value is -5.37. The van der Waals surface area contributed by atoms with E-state index in [1.807, 2.05) is 61.8 Å². The summed E-state index contributed by atoms with van der Waals surface area (Å²) in [4.78, 5) is 29.3. The highest BCUT2D eigenvalue weighted by Gasteiger charge is 2.21. The van der Waals surface area contributed by atoms with Crippen molar-refractivity contribution in [2.45, 2.75) is 19.4 Å². The maximum absolute atomic E-state index is 13.8. The van der Waals surface area contributed by atoms with E-state index in [0.717, 1.165) is 33.0 Å². The lowest BCUT2D eigenvalue weighted by Gasteiger charge is -2.16. The smallest absolute Gasteiger partial charge is 0.335 e. The Balaban J connectivity index is 1.39. The standard InChI is InChI=1S/C32H25N5O3/c1-20(22-9-11-25(12-10-22)32(39)40)34-31(38)28-17-27(23-5-3-2-4-6-23)19-37-30(28)29(35-36-37)16-21-7-8-24-13-14-33-18-26(24)15-21/h2-15,17-20H,16H2,1H3,(H,34,38)(H,39,40)/t20-/m0/s1. The van der Waals surface area contributed by atoms with Gasteiger partial charge in [0.25, 0.3) is 5.91 Å². The number of hydrogen-bond acceptors (Lipinski definition) is 5. The summed E-state index contributed by atoms with van der Waals surface area (Å²) in [6.07, 6.45) is 5.98. The summed E-state index contributed by atoms with van der Waals surface area (Å²) in [7, 11) is 0. The number of fused-ring (bicyclic) bond motifs is 2. The van der Waals surface area contributed by atoms with Crippen molar-refractivity contribution in [1.29, 1.82) is 0 Å². The number of aromatic nitrogens is 4. The van der Waals surface area contributed by atoms with Crippen LogP contribution in [0.2, 0.25) is 0 Å². The molecule has 0 aliphatic rings. The monoisotopic (exact) mass is 527 g/mol. The van der Waals surface area contributed by atoms with Gasteiger partial charge in [-0.05, 0) is 59.3 Å². The van der Waals surface area contributed by atoms with Crippen molar-refractivity contribution in [1.82, 2.24) is 25.1 Å². The number of carbonyl (C=O) groups is 2. The summed E-state index contributed by atoms with van der Waals surface area (Å²) in [5.74, 6) is -1.27. The Morgan fingerprint density at radius 1 is 0.925 bits per heavy atom. The minimum Gasteiger partial charge on any atom is -0.478 e. The van der Waals surface area contributed by atoms with Gasteiger partial charge in [-0.1, -0.05) is 59.8 Å². The van der Waals surface area contributed by atoms with Crippen LogP contribution in [0.25, 0.3) is 27.4 Å². The van der Waals surface area contributed by atoms with Gasteiger partial charge < -0.3 is 10.4 Å². The molecule has 0 fully saturated rings. The molecule has 3 aromatic heterocycles. The summed E-state index contributed by atoms with van der Waals surface area (Å²) in [5.41, 5.74) is 5.60. The molecular formula is C32H25N5O3. The highest BCUT2D eigenvalue weighted by Crippen LogP contribution is 2.27. The molecule has 0 saturated carbocycles. The fourth-order valence-corrected chi connectivity index (χ4v) is 4.88. The first-order valence-electron chi connectivity index (χ1n) is 12.9. The Labute approximate surface area is 229 Å². The van der Waals surface area contributed by atoms with Gasteiger partial charge in [0.2, 0.25) is 0 Å². The van der Waals surface area contributed by atoms with Crippen LogP contribution in [0, 0.1) is 0 Å². The maximum atomic E-state index is 13.8. The number of carboxylic acids is 1. The summed E-state index contributed by atoms with van der Waals surface area (Å²) in [5, 5.41) is 23.3. The third kappa shape index (κ3) is 4.90. The largest absolute Gasteiger partial charge is 0.478 e. The van der Waals surface area contributed by atoms with Gasteiger partial charge in [0, 0.05) is 36.0 Å². The van der Waals surface area contributed by atoms with Crippen LogP contribution >= 0.6 is 0 Å². The molecule has 0 aliphatic heterocycles. The second-order valence-electron chi connectivity index (χ2n) is 9.69. The number of benzene rings is 3. The van der Waals surface area contributed by atoms with Crippen molar-refractivity contribution in [3.63, 3.8) is 0 Å². The Bertz CT molecular complexity index is 1860. The topological polar surface area (TPSA) is 109 Å². The second kappa shape index (κ2) is 10.4. The zero-order valence-corrected chi connectivity index (χ0v) is 21.7. The van der Waals surface area contributed by atoms with Crippen LogP contribution in [0.3, 0.4) is 0 Å². The molecule has 0 unspecified atom stereocenters. The molecule has 3 heterocycles. The van der Waals surface area contributed by atoms with E-state index in [1.54, 1.807) is 22.8 Å². The van der Waals surface area contributed by atoms with Gasteiger partial charge >= 0.3 is 5.97 Å². The first-order chi connectivity index (χ1) is 19.5. The molecule has 1 atom stereocenters. The second-order valence-corrected chi connectivity index (χ2v) is 9.69. The van der Waals surface area contributed by atoms with Crippen LogP contribution in [0.15, 0.2) is 104 Å². The molecule has 40 heavy (non-hydrogen) atoms. The molecule has 0 saturated heterocycles. The van der Waals surface area contributed by atoms with Crippen LogP contribution < -0.4 is 5.32 Å². The lowest BCUT2D eigenvalue weighted by molar-refractivity contribution is 0.0696. The van der Waals surface area contributed by atoms with E-state index in [-0.39, 0.29) is 17.5 Å². The van der Waals surface area contributed by atoms with Gasteiger partial charge in [-0.25, -0.2) is 9.31 Å². The molecule has 0 bridgehead atoms. The fourth-order valence-electron chi connectivity index (χ4n) is 4.88. The number of amides is 1. The zero-order valence-electron chi connectivity index (χ0n) is 21.7. The maximum Gasteiger partial charge on any atom is 0.335 e. The average Bonchev–Trinajstić information content (AvgIpc) is 3.39. The Morgan fingerprint density at radius 3 is 2.50 bits per heavy atom. The molecule has 6 rings (SSSR count). The molecular weight excluding hydrogens is 502 g/mol. The van der Waals surface area contributed by atoms with Gasteiger partial charge in [0.15, 0.2) is 0 Å². The number of aromatic carboxylic acids is 1. The van der Waals surface area contributed by atoms with E-state index >= 15 is 0 Å². The zero-order chi connectivity index (χ0) is 27.6. The average molecular weight is 528 g/mol. The Kier molecular flexibility index (Phi) is 6.49.